The Morgan fingerprint density at radius 1 is 1.25 bits per heavy atom. The van der Waals surface area contributed by atoms with E-state index in [0.29, 0.717) is 36.1 Å². The summed E-state index contributed by atoms with van der Waals surface area (Å²) in [6.07, 6.45) is 4.56. The van der Waals surface area contributed by atoms with E-state index in [1.54, 1.807) is 18.2 Å². The fraction of sp³-hybridized carbons (Fsp3) is 0.579. The van der Waals surface area contributed by atoms with Crippen molar-refractivity contribution in [2.75, 3.05) is 19.8 Å². The van der Waals surface area contributed by atoms with E-state index in [1.165, 1.54) is 12.8 Å². The number of carbonyl (C=O) groups is 1. The largest absolute Gasteiger partial charge is 0.490 e. The first-order valence-electron chi connectivity index (χ1n) is 8.70. The number of nitrogens with zero attached hydrogens (tertiary/aromatic N) is 1. The van der Waals surface area contributed by atoms with Gasteiger partial charge < -0.3 is 14.8 Å². The maximum absolute atomic E-state index is 12.0. The van der Waals surface area contributed by atoms with Crippen molar-refractivity contribution in [3.8, 4) is 17.6 Å². The molecule has 5 nitrogen and oxygen atoms in total. The number of hydrogen-bond donors (Lipinski definition) is 1. The first-order chi connectivity index (χ1) is 11.6. The van der Waals surface area contributed by atoms with E-state index in [-0.39, 0.29) is 12.5 Å². The maximum atomic E-state index is 12.0. The van der Waals surface area contributed by atoms with Crippen molar-refractivity contribution in [1.29, 1.82) is 5.26 Å². The van der Waals surface area contributed by atoms with E-state index in [4.69, 9.17) is 14.7 Å². The minimum Gasteiger partial charge on any atom is -0.490 e. The second kappa shape index (κ2) is 11.3. The zero-order chi connectivity index (χ0) is 17.8. The van der Waals surface area contributed by atoms with Crippen LogP contribution in [0.1, 0.15) is 52.0 Å². The fourth-order valence-corrected chi connectivity index (χ4v) is 2.36. The highest BCUT2D eigenvalue weighted by atomic mass is 16.5. The molecule has 0 saturated carbocycles. The summed E-state index contributed by atoms with van der Waals surface area (Å²) in [4.78, 5) is 12.0. The minimum atomic E-state index is -0.142. The predicted octanol–water partition coefficient (Wildman–Crippen LogP) is 3.67. The molecule has 0 aromatic heterocycles. The van der Waals surface area contributed by atoms with Crippen molar-refractivity contribution in [3.05, 3.63) is 23.8 Å². The van der Waals surface area contributed by atoms with E-state index in [1.807, 2.05) is 6.92 Å². The zero-order valence-electron chi connectivity index (χ0n) is 14.9. The van der Waals surface area contributed by atoms with Gasteiger partial charge in [0.2, 0.25) is 0 Å². The quantitative estimate of drug-likeness (QED) is 0.671. The SMILES string of the molecule is CCCCC(CC)CNC(=O)COc1ccc(C#N)cc1OCC. The molecule has 0 aliphatic rings. The van der Waals surface area contributed by atoms with Crippen LogP contribution in [0.3, 0.4) is 0 Å². The van der Waals surface area contributed by atoms with Crippen LogP contribution in [-0.4, -0.2) is 25.7 Å². The van der Waals surface area contributed by atoms with Gasteiger partial charge in [-0.15, -0.1) is 0 Å². The molecule has 0 fully saturated rings. The van der Waals surface area contributed by atoms with Gasteiger partial charge in [-0.3, -0.25) is 4.79 Å². The van der Waals surface area contributed by atoms with Crippen LogP contribution in [0.15, 0.2) is 18.2 Å². The van der Waals surface area contributed by atoms with Gasteiger partial charge in [0, 0.05) is 12.6 Å². The van der Waals surface area contributed by atoms with Gasteiger partial charge in [-0.2, -0.15) is 5.26 Å². The minimum absolute atomic E-state index is 0.0593. The topological polar surface area (TPSA) is 71.3 Å². The monoisotopic (exact) mass is 332 g/mol. The van der Waals surface area contributed by atoms with Gasteiger partial charge in [0.1, 0.15) is 0 Å². The van der Waals surface area contributed by atoms with E-state index in [9.17, 15) is 4.79 Å². The lowest BCUT2D eigenvalue weighted by Crippen LogP contribution is -2.33. The smallest absolute Gasteiger partial charge is 0.257 e. The summed E-state index contributed by atoms with van der Waals surface area (Å²) >= 11 is 0. The zero-order valence-corrected chi connectivity index (χ0v) is 14.9. The molecule has 0 radical (unpaired) electrons. The molecule has 132 valence electrons. The summed E-state index contributed by atoms with van der Waals surface area (Å²) in [5.74, 6) is 1.34. The van der Waals surface area contributed by atoms with Gasteiger partial charge in [-0.05, 0) is 31.4 Å². The van der Waals surface area contributed by atoms with Gasteiger partial charge in [-0.1, -0.05) is 33.1 Å². The lowest BCUT2D eigenvalue weighted by atomic mass is 9.99. The molecule has 1 aromatic carbocycles. The molecule has 0 heterocycles. The third kappa shape index (κ3) is 6.91. The Bertz CT molecular complexity index is 552. The average Bonchev–Trinajstić information content (AvgIpc) is 2.61. The van der Waals surface area contributed by atoms with Crippen molar-refractivity contribution in [2.45, 2.75) is 46.5 Å². The molecule has 1 aromatic rings. The number of nitrogens with one attached hydrogen (secondary N) is 1. The molecule has 0 aliphatic carbocycles. The number of carbonyl (C=O) groups excluding carboxylic acids is 1. The van der Waals surface area contributed by atoms with Crippen LogP contribution in [0.4, 0.5) is 0 Å². The van der Waals surface area contributed by atoms with E-state index < -0.39 is 0 Å². The van der Waals surface area contributed by atoms with Crippen molar-refractivity contribution in [1.82, 2.24) is 5.32 Å². The van der Waals surface area contributed by atoms with Gasteiger partial charge in [0.25, 0.3) is 5.91 Å². The summed E-state index contributed by atoms with van der Waals surface area (Å²) in [7, 11) is 0. The van der Waals surface area contributed by atoms with Crippen LogP contribution in [0.2, 0.25) is 0 Å². The molecule has 1 amide bonds. The second-order valence-corrected chi connectivity index (χ2v) is 5.72. The molecular formula is C19H28N2O3. The molecule has 0 bridgehead atoms. The Balaban J connectivity index is 2.50. The highest BCUT2D eigenvalue weighted by Gasteiger charge is 2.11. The first kappa shape index (κ1) is 19.8. The first-order valence-corrected chi connectivity index (χ1v) is 8.70. The molecule has 1 unspecified atom stereocenters. The number of unbranched alkanes of at least 4 members (excludes halogenated alkanes) is 1. The Morgan fingerprint density at radius 2 is 2.04 bits per heavy atom. The maximum Gasteiger partial charge on any atom is 0.257 e. The summed E-state index contributed by atoms with van der Waals surface area (Å²) in [5, 5.41) is 11.9. The molecule has 0 spiro atoms. The Kier molecular flexibility index (Phi) is 9.36. The number of ether oxygens (including phenoxy) is 2. The highest BCUT2D eigenvalue weighted by Crippen LogP contribution is 2.28. The summed E-state index contributed by atoms with van der Waals surface area (Å²) in [6.45, 7) is 7.27. The van der Waals surface area contributed by atoms with Gasteiger partial charge in [0.15, 0.2) is 18.1 Å². The second-order valence-electron chi connectivity index (χ2n) is 5.72. The standard InChI is InChI=1S/C19H28N2O3/c1-4-7-8-15(5-2)13-21-19(22)14-24-17-10-9-16(12-20)11-18(17)23-6-3/h9-11,15H,4-8,13-14H2,1-3H3,(H,21,22). The molecule has 1 rings (SSSR count). The van der Waals surface area contributed by atoms with Gasteiger partial charge in [0.05, 0.1) is 18.2 Å². The Labute approximate surface area is 145 Å². The molecule has 0 aliphatic heterocycles. The Morgan fingerprint density at radius 3 is 2.67 bits per heavy atom. The van der Waals surface area contributed by atoms with E-state index in [0.717, 1.165) is 12.8 Å². The number of amides is 1. The van der Waals surface area contributed by atoms with Crippen LogP contribution in [0.25, 0.3) is 0 Å². The van der Waals surface area contributed by atoms with E-state index in [2.05, 4.69) is 25.2 Å². The Hall–Kier alpha value is -2.22. The highest BCUT2D eigenvalue weighted by molar-refractivity contribution is 5.77. The normalized spacial score (nSPS) is 11.4. The van der Waals surface area contributed by atoms with Crippen LogP contribution in [0, 0.1) is 17.2 Å². The lowest BCUT2D eigenvalue weighted by molar-refractivity contribution is -0.123. The molecule has 1 atom stereocenters. The number of rotatable bonds is 11. The third-order valence-electron chi connectivity index (χ3n) is 3.86. The summed E-state index contributed by atoms with van der Waals surface area (Å²) in [6, 6.07) is 6.98. The molecule has 1 N–H and O–H groups in total. The van der Waals surface area contributed by atoms with Crippen LogP contribution >= 0.6 is 0 Å². The molecular weight excluding hydrogens is 304 g/mol. The van der Waals surface area contributed by atoms with Gasteiger partial charge in [-0.25, -0.2) is 0 Å². The van der Waals surface area contributed by atoms with Crippen molar-refractivity contribution >= 4 is 5.91 Å². The lowest BCUT2D eigenvalue weighted by Gasteiger charge is -2.16. The summed E-state index contributed by atoms with van der Waals surface area (Å²) < 4.78 is 11.0. The van der Waals surface area contributed by atoms with Crippen LogP contribution in [0.5, 0.6) is 11.5 Å². The number of hydrogen-bond acceptors (Lipinski definition) is 4. The van der Waals surface area contributed by atoms with Crippen LogP contribution in [-0.2, 0) is 4.79 Å². The average molecular weight is 332 g/mol. The fourth-order valence-electron chi connectivity index (χ4n) is 2.36. The van der Waals surface area contributed by atoms with E-state index >= 15 is 0 Å². The number of benzene rings is 1. The van der Waals surface area contributed by atoms with Crippen molar-refractivity contribution in [3.63, 3.8) is 0 Å². The van der Waals surface area contributed by atoms with Crippen molar-refractivity contribution in [2.24, 2.45) is 5.92 Å². The summed E-state index contributed by atoms with van der Waals surface area (Å²) in [5.41, 5.74) is 0.497. The predicted molar refractivity (Wildman–Crippen MR) is 94.1 cm³/mol. The molecule has 0 saturated heterocycles. The number of nitriles is 1. The van der Waals surface area contributed by atoms with Crippen molar-refractivity contribution < 1.29 is 14.3 Å². The van der Waals surface area contributed by atoms with Gasteiger partial charge >= 0.3 is 0 Å². The molecule has 5 heteroatoms. The van der Waals surface area contributed by atoms with Crippen LogP contribution < -0.4 is 14.8 Å². The molecule has 24 heavy (non-hydrogen) atoms. The third-order valence-corrected chi connectivity index (χ3v) is 3.86.